The molecule has 0 unspecified atom stereocenters. The highest BCUT2D eigenvalue weighted by Crippen LogP contribution is 2.25. The average Bonchev–Trinajstić information content (AvgIpc) is 2.99. The minimum absolute atomic E-state index is 0.209. The van der Waals surface area contributed by atoms with Crippen LogP contribution in [-0.4, -0.2) is 20.5 Å². The van der Waals surface area contributed by atoms with E-state index >= 15 is 0 Å². The molecule has 22 heavy (non-hydrogen) atoms. The van der Waals surface area contributed by atoms with Gasteiger partial charge in [0.2, 0.25) is 5.88 Å². The topological polar surface area (TPSA) is 100 Å². The number of aromatic carboxylic acids is 1. The fraction of sp³-hybridized carbons (Fsp3) is 0. The maximum atomic E-state index is 10.9. The zero-order valence-corrected chi connectivity index (χ0v) is 11.9. The van der Waals surface area contributed by atoms with Gasteiger partial charge in [0.15, 0.2) is 0 Å². The molecule has 3 rings (SSSR count). The molecule has 0 fully saturated rings. The van der Waals surface area contributed by atoms with Gasteiger partial charge in [0.05, 0.1) is 5.97 Å². The van der Waals surface area contributed by atoms with Gasteiger partial charge >= 0.3 is 0 Å². The van der Waals surface area contributed by atoms with Crippen molar-refractivity contribution >= 4 is 28.2 Å². The van der Waals surface area contributed by atoms with Gasteiger partial charge in [0.1, 0.15) is 16.4 Å². The van der Waals surface area contributed by atoms with Crippen LogP contribution in [0.15, 0.2) is 48.7 Å². The molecular weight excluding hydrogens is 304 g/mol. The average molecular weight is 313 g/mol. The van der Waals surface area contributed by atoms with E-state index in [0.717, 1.165) is 11.5 Å². The Morgan fingerprint density at radius 2 is 2.00 bits per heavy atom. The van der Waals surface area contributed by atoms with Crippen molar-refractivity contribution in [2.45, 2.75) is 0 Å². The Hall–Kier alpha value is -3.00. The maximum Gasteiger partial charge on any atom is 0.219 e. The molecule has 0 radical (unpaired) electrons. The standard InChI is InChI=1S/C14H10N4O3S/c19-14(20)12-13(22-18-17-12)16-9-4-6-10(7-5-9)21-11-3-1-2-8-15-11/h1-8,16H,(H,19,20)/p-1. The molecule has 0 saturated carbocycles. The third-order valence-corrected chi connectivity index (χ3v) is 3.30. The van der Waals surface area contributed by atoms with Crippen molar-refractivity contribution in [2.75, 3.05) is 5.32 Å². The van der Waals surface area contributed by atoms with E-state index in [1.807, 2.05) is 6.07 Å². The van der Waals surface area contributed by atoms with Crippen molar-refractivity contribution in [2.24, 2.45) is 0 Å². The van der Waals surface area contributed by atoms with E-state index in [0.29, 0.717) is 22.3 Å². The van der Waals surface area contributed by atoms with Gasteiger partial charge in [0.25, 0.3) is 0 Å². The first-order valence-corrected chi connectivity index (χ1v) is 6.99. The van der Waals surface area contributed by atoms with Crippen molar-refractivity contribution < 1.29 is 14.6 Å². The summed E-state index contributed by atoms with van der Waals surface area (Å²) in [6.45, 7) is 0. The van der Waals surface area contributed by atoms with Crippen LogP contribution in [0.2, 0.25) is 0 Å². The Balaban J connectivity index is 1.72. The predicted octanol–water partition coefficient (Wildman–Crippen LogP) is 1.83. The van der Waals surface area contributed by atoms with Gasteiger partial charge < -0.3 is 20.0 Å². The van der Waals surface area contributed by atoms with Crippen LogP contribution in [0, 0.1) is 0 Å². The van der Waals surface area contributed by atoms with Crippen LogP contribution in [0.25, 0.3) is 0 Å². The molecule has 3 aromatic rings. The number of anilines is 2. The molecule has 2 heterocycles. The van der Waals surface area contributed by atoms with Crippen molar-refractivity contribution in [3.05, 3.63) is 54.4 Å². The summed E-state index contributed by atoms with van der Waals surface area (Å²) >= 11 is 0.945. The van der Waals surface area contributed by atoms with Crippen LogP contribution < -0.4 is 15.2 Å². The van der Waals surface area contributed by atoms with Crippen LogP contribution in [-0.2, 0) is 0 Å². The zero-order chi connectivity index (χ0) is 15.4. The second kappa shape index (κ2) is 6.19. The van der Waals surface area contributed by atoms with Gasteiger partial charge in [-0.15, -0.1) is 5.10 Å². The second-order valence-electron chi connectivity index (χ2n) is 4.16. The van der Waals surface area contributed by atoms with Gasteiger partial charge in [-0.3, -0.25) is 0 Å². The third-order valence-electron chi connectivity index (χ3n) is 2.65. The maximum absolute atomic E-state index is 10.9. The molecule has 0 saturated heterocycles. The highest BCUT2D eigenvalue weighted by molar-refractivity contribution is 7.10. The van der Waals surface area contributed by atoms with Gasteiger partial charge in [-0.05, 0) is 30.3 Å². The Labute approximate surface area is 129 Å². The number of carboxylic acids is 1. The number of nitrogens with zero attached hydrogens (tertiary/aromatic N) is 3. The van der Waals surface area contributed by atoms with E-state index in [9.17, 15) is 9.90 Å². The van der Waals surface area contributed by atoms with E-state index in [1.165, 1.54) is 0 Å². The molecule has 0 aliphatic rings. The van der Waals surface area contributed by atoms with Crippen molar-refractivity contribution in [1.29, 1.82) is 0 Å². The smallest absolute Gasteiger partial charge is 0.219 e. The summed E-state index contributed by atoms with van der Waals surface area (Å²) in [5, 5.41) is 17.6. The molecule has 0 aliphatic carbocycles. The molecule has 110 valence electrons. The zero-order valence-electron chi connectivity index (χ0n) is 11.1. The van der Waals surface area contributed by atoms with E-state index in [-0.39, 0.29) is 5.69 Å². The normalized spacial score (nSPS) is 10.2. The number of ether oxygens (including phenoxy) is 1. The number of nitrogens with one attached hydrogen (secondary N) is 1. The van der Waals surface area contributed by atoms with Crippen molar-refractivity contribution in [3.8, 4) is 11.6 Å². The Kier molecular flexibility index (Phi) is 3.92. The molecule has 8 heteroatoms. The highest BCUT2D eigenvalue weighted by atomic mass is 32.1. The number of carbonyl (C=O) groups excluding carboxylic acids is 1. The molecule has 0 bridgehead atoms. The molecular formula is C14H9N4O3S-. The summed E-state index contributed by atoms with van der Waals surface area (Å²) in [5.41, 5.74) is 0.473. The Bertz CT molecular complexity index is 774. The number of hydrogen-bond donors (Lipinski definition) is 1. The fourth-order valence-electron chi connectivity index (χ4n) is 1.67. The molecule has 1 N–H and O–H groups in total. The Morgan fingerprint density at radius 3 is 2.68 bits per heavy atom. The van der Waals surface area contributed by atoms with E-state index < -0.39 is 5.97 Å². The number of carboxylic acid groups (broad SMARTS) is 1. The number of aromatic nitrogens is 3. The van der Waals surface area contributed by atoms with Crippen LogP contribution in [0.5, 0.6) is 11.6 Å². The first-order valence-electron chi connectivity index (χ1n) is 6.22. The number of hydrogen-bond acceptors (Lipinski definition) is 8. The van der Waals surface area contributed by atoms with Crippen LogP contribution in [0.3, 0.4) is 0 Å². The molecule has 0 spiro atoms. The molecule has 0 aliphatic heterocycles. The third kappa shape index (κ3) is 3.18. The first kappa shape index (κ1) is 14.0. The summed E-state index contributed by atoms with van der Waals surface area (Å²) in [5.74, 6) is -0.257. The van der Waals surface area contributed by atoms with Crippen LogP contribution in [0.4, 0.5) is 10.7 Å². The summed E-state index contributed by atoms with van der Waals surface area (Å²) in [6.07, 6.45) is 1.64. The minimum Gasteiger partial charge on any atom is -0.543 e. The number of carbonyl (C=O) groups is 1. The lowest BCUT2D eigenvalue weighted by Gasteiger charge is -2.07. The Morgan fingerprint density at radius 1 is 1.18 bits per heavy atom. The van der Waals surface area contributed by atoms with Gasteiger partial charge in [-0.2, -0.15) is 0 Å². The molecule has 1 aromatic carbocycles. The lowest BCUT2D eigenvalue weighted by molar-refractivity contribution is -0.255. The molecule has 0 amide bonds. The molecule has 7 nitrogen and oxygen atoms in total. The molecule has 0 atom stereocenters. The fourth-order valence-corrected chi connectivity index (χ4v) is 2.25. The summed E-state index contributed by atoms with van der Waals surface area (Å²) in [4.78, 5) is 14.9. The quantitative estimate of drug-likeness (QED) is 0.767. The SMILES string of the molecule is O=C([O-])c1nnsc1Nc1ccc(Oc2ccccn2)cc1. The monoisotopic (exact) mass is 313 g/mol. The van der Waals surface area contributed by atoms with E-state index in [1.54, 1.807) is 42.6 Å². The molecule has 2 aromatic heterocycles. The largest absolute Gasteiger partial charge is 0.543 e. The predicted molar refractivity (Wildman–Crippen MR) is 78.3 cm³/mol. The van der Waals surface area contributed by atoms with Crippen molar-refractivity contribution in [3.63, 3.8) is 0 Å². The number of pyridine rings is 1. The lowest BCUT2D eigenvalue weighted by atomic mass is 10.3. The van der Waals surface area contributed by atoms with Crippen LogP contribution >= 0.6 is 11.5 Å². The van der Waals surface area contributed by atoms with Gasteiger partial charge in [-0.1, -0.05) is 10.6 Å². The second-order valence-corrected chi connectivity index (χ2v) is 4.91. The first-order chi connectivity index (χ1) is 10.7. The van der Waals surface area contributed by atoms with Crippen molar-refractivity contribution in [1.82, 2.24) is 14.6 Å². The van der Waals surface area contributed by atoms with Gasteiger partial charge in [0, 0.05) is 29.5 Å². The van der Waals surface area contributed by atoms with Gasteiger partial charge in [-0.25, -0.2) is 4.98 Å². The summed E-state index contributed by atoms with van der Waals surface area (Å²) in [7, 11) is 0. The lowest BCUT2D eigenvalue weighted by Crippen LogP contribution is -2.23. The number of benzene rings is 1. The van der Waals surface area contributed by atoms with E-state index in [2.05, 4.69) is 19.9 Å². The minimum atomic E-state index is -1.37. The number of rotatable bonds is 5. The highest BCUT2D eigenvalue weighted by Gasteiger charge is 2.09. The summed E-state index contributed by atoms with van der Waals surface area (Å²) < 4.78 is 9.15. The van der Waals surface area contributed by atoms with Crippen LogP contribution in [0.1, 0.15) is 10.5 Å². The summed E-state index contributed by atoms with van der Waals surface area (Å²) in [6, 6.07) is 12.4. The van der Waals surface area contributed by atoms with E-state index in [4.69, 9.17) is 4.74 Å².